The molecule has 1 fully saturated rings. The van der Waals surface area contributed by atoms with Gasteiger partial charge in [0.2, 0.25) is 0 Å². The van der Waals surface area contributed by atoms with Crippen LogP contribution in [0.2, 0.25) is 5.02 Å². The molecule has 6 nitrogen and oxygen atoms in total. The Balaban J connectivity index is 1.66. The first-order chi connectivity index (χ1) is 12.1. The summed E-state index contributed by atoms with van der Waals surface area (Å²) in [6, 6.07) is 7.55. The third-order valence-electron chi connectivity index (χ3n) is 4.23. The minimum Gasteiger partial charge on any atom is -0.353 e. The number of hydrogen-bond donors (Lipinski definition) is 1. The number of nitrogens with one attached hydrogen (secondary N) is 1. The summed E-state index contributed by atoms with van der Waals surface area (Å²) in [5, 5.41) is 10.8. The number of piperazine rings is 1. The number of halogens is 2. The molecular weight excluding hydrogens is 345 g/mol. The van der Waals surface area contributed by atoms with Crippen molar-refractivity contribution in [1.29, 1.82) is 0 Å². The number of carbonyl (C=O) groups excluding carboxylic acids is 1. The zero-order chi connectivity index (χ0) is 17.8. The fourth-order valence-corrected chi connectivity index (χ4v) is 3.00. The van der Waals surface area contributed by atoms with Crippen molar-refractivity contribution in [1.82, 2.24) is 15.1 Å². The predicted molar refractivity (Wildman–Crippen MR) is 95.7 cm³/mol. The highest BCUT2D eigenvalue weighted by Crippen LogP contribution is 2.20. The zero-order valence-corrected chi connectivity index (χ0v) is 14.6. The van der Waals surface area contributed by atoms with Gasteiger partial charge in [0, 0.05) is 26.2 Å². The van der Waals surface area contributed by atoms with E-state index in [9.17, 15) is 9.18 Å². The molecule has 3 rings (SSSR count). The molecule has 2 aromatic rings. The van der Waals surface area contributed by atoms with Crippen LogP contribution in [0.5, 0.6) is 0 Å². The first-order valence-electron chi connectivity index (χ1n) is 8.15. The number of hydrogen-bond acceptors (Lipinski definition) is 5. The van der Waals surface area contributed by atoms with Gasteiger partial charge in [0.15, 0.2) is 11.6 Å². The van der Waals surface area contributed by atoms with Crippen molar-refractivity contribution in [2.45, 2.75) is 6.92 Å². The lowest BCUT2D eigenvalue weighted by atomic mass is 10.2. The van der Waals surface area contributed by atoms with Crippen molar-refractivity contribution in [3.05, 3.63) is 46.7 Å². The van der Waals surface area contributed by atoms with Gasteiger partial charge in [0.25, 0.3) is 5.91 Å². The van der Waals surface area contributed by atoms with Gasteiger partial charge in [0.1, 0.15) is 5.82 Å². The number of anilines is 2. The van der Waals surface area contributed by atoms with Gasteiger partial charge in [-0.05, 0) is 30.8 Å². The quantitative estimate of drug-likeness (QED) is 0.904. The van der Waals surface area contributed by atoms with E-state index in [2.05, 4.69) is 32.2 Å². The fourth-order valence-electron chi connectivity index (χ4n) is 2.75. The Kier molecular flexibility index (Phi) is 5.45. The average Bonchev–Trinajstić information content (AvgIpc) is 2.62. The van der Waals surface area contributed by atoms with E-state index in [-0.39, 0.29) is 16.4 Å². The molecule has 1 aromatic carbocycles. The van der Waals surface area contributed by atoms with E-state index in [4.69, 9.17) is 11.6 Å². The van der Waals surface area contributed by atoms with Crippen LogP contribution in [0.3, 0.4) is 0 Å². The van der Waals surface area contributed by atoms with Gasteiger partial charge in [-0.3, -0.25) is 4.79 Å². The van der Waals surface area contributed by atoms with E-state index >= 15 is 0 Å². The van der Waals surface area contributed by atoms with Crippen molar-refractivity contribution in [2.24, 2.45) is 0 Å². The summed E-state index contributed by atoms with van der Waals surface area (Å²) in [4.78, 5) is 16.7. The lowest BCUT2D eigenvalue weighted by Crippen LogP contribution is -2.46. The first kappa shape index (κ1) is 17.6. The number of carbonyl (C=O) groups is 1. The maximum Gasteiger partial charge on any atom is 0.261 e. The molecule has 0 spiro atoms. The standard InChI is InChI=1S/C17H19ClFN5O/c1-2-23-8-10-24(11-9-23)15-7-6-14(21-22-15)20-17(25)16-12(18)4-3-5-13(16)19/h3-7H,2,8-11H2,1H3,(H,20,21,25). The Hall–Kier alpha value is -2.25. The SMILES string of the molecule is CCN1CCN(c2ccc(NC(=O)c3c(F)cccc3Cl)nn2)CC1. The highest BCUT2D eigenvalue weighted by atomic mass is 35.5. The van der Waals surface area contributed by atoms with Gasteiger partial charge in [-0.15, -0.1) is 10.2 Å². The molecule has 1 N–H and O–H groups in total. The lowest BCUT2D eigenvalue weighted by molar-refractivity contribution is 0.102. The molecule has 1 saturated heterocycles. The third kappa shape index (κ3) is 4.05. The van der Waals surface area contributed by atoms with Crippen LogP contribution in [0, 0.1) is 5.82 Å². The summed E-state index contributed by atoms with van der Waals surface area (Å²) in [6.07, 6.45) is 0. The molecule has 1 amide bonds. The molecule has 0 aliphatic carbocycles. The van der Waals surface area contributed by atoms with E-state index in [0.717, 1.165) is 38.5 Å². The molecular formula is C17H19ClFN5O. The highest BCUT2D eigenvalue weighted by Gasteiger charge is 2.19. The molecule has 0 radical (unpaired) electrons. The topological polar surface area (TPSA) is 61.4 Å². The second-order valence-electron chi connectivity index (χ2n) is 5.75. The minimum atomic E-state index is -0.677. The van der Waals surface area contributed by atoms with E-state index in [0.29, 0.717) is 0 Å². The molecule has 1 aliphatic heterocycles. The number of likely N-dealkylation sites (N-methyl/N-ethyl adjacent to an activating group) is 1. The lowest BCUT2D eigenvalue weighted by Gasteiger charge is -2.34. The molecule has 0 atom stereocenters. The van der Waals surface area contributed by atoms with E-state index < -0.39 is 11.7 Å². The van der Waals surface area contributed by atoms with Crippen molar-refractivity contribution in [3.8, 4) is 0 Å². The van der Waals surface area contributed by atoms with Crippen LogP contribution in [-0.4, -0.2) is 53.7 Å². The van der Waals surface area contributed by atoms with Gasteiger partial charge in [-0.2, -0.15) is 0 Å². The number of nitrogens with zero attached hydrogens (tertiary/aromatic N) is 4. The maximum atomic E-state index is 13.8. The van der Waals surface area contributed by atoms with Crippen LogP contribution in [0.4, 0.5) is 16.0 Å². The Morgan fingerprint density at radius 3 is 2.56 bits per heavy atom. The van der Waals surface area contributed by atoms with Crippen LogP contribution < -0.4 is 10.2 Å². The average molecular weight is 364 g/mol. The largest absolute Gasteiger partial charge is 0.353 e. The molecule has 25 heavy (non-hydrogen) atoms. The molecule has 2 heterocycles. The molecule has 132 valence electrons. The molecule has 1 aromatic heterocycles. The second-order valence-corrected chi connectivity index (χ2v) is 6.16. The minimum absolute atomic E-state index is 0.0517. The van der Waals surface area contributed by atoms with Gasteiger partial charge < -0.3 is 15.1 Å². The predicted octanol–water partition coefficient (Wildman–Crippen LogP) is 2.66. The van der Waals surface area contributed by atoms with Crippen LogP contribution in [0.25, 0.3) is 0 Å². The van der Waals surface area contributed by atoms with Gasteiger partial charge >= 0.3 is 0 Å². The summed E-state index contributed by atoms with van der Waals surface area (Å²) in [6.45, 7) is 6.95. The van der Waals surface area contributed by atoms with Crippen LogP contribution in [0.15, 0.2) is 30.3 Å². The summed E-state index contributed by atoms with van der Waals surface area (Å²) >= 11 is 5.89. The summed E-state index contributed by atoms with van der Waals surface area (Å²) in [5.41, 5.74) is -0.203. The Morgan fingerprint density at radius 1 is 1.20 bits per heavy atom. The normalized spacial score (nSPS) is 15.2. The van der Waals surface area contributed by atoms with Gasteiger partial charge in [0.05, 0.1) is 10.6 Å². The Morgan fingerprint density at radius 2 is 1.96 bits per heavy atom. The van der Waals surface area contributed by atoms with Crippen LogP contribution >= 0.6 is 11.6 Å². The van der Waals surface area contributed by atoms with Crippen molar-refractivity contribution in [2.75, 3.05) is 42.9 Å². The number of benzene rings is 1. The van der Waals surface area contributed by atoms with Crippen molar-refractivity contribution < 1.29 is 9.18 Å². The fraction of sp³-hybridized carbons (Fsp3) is 0.353. The molecule has 0 saturated carbocycles. The number of amides is 1. The summed E-state index contributed by atoms with van der Waals surface area (Å²) in [7, 11) is 0. The smallest absolute Gasteiger partial charge is 0.261 e. The van der Waals surface area contributed by atoms with Crippen LogP contribution in [-0.2, 0) is 0 Å². The zero-order valence-electron chi connectivity index (χ0n) is 13.9. The molecule has 8 heteroatoms. The third-order valence-corrected chi connectivity index (χ3v) is 4.54. The van der Waals surface area contributed by atoms with E-state index in [1.54, 1.807) is 12.1 Å². The molecule has 0 bridgehead atoms. The monoisotopic (exact) mass is 363 g/mol. The number of aromatic nitrogens is 2. The molecule has 0 unspecified atom stereocenters. The Labute approximate surface area is 150 Å². The van der Waals surface area contributed by atoms with Crippen molar-refractivity contribution in [3.63, 3.8) is 0 Å². The first-order valence-corrected chi connectivity index (χ1v) is 8.52. The molecule has 1 aliphatic rings. The second kappa shape index (κ2) is 7.76. The van der Waals surface area contributed by atoms with Crippen LogP contribution in [0.1, 0.15) is 17.3 Å². The summed E-state index contributed by atoms with van der Waals surface area (Å²) in [5.74, 6) is -0.317. The number of rotatable bonds is 4. The Bertz CT molecular complexity index is 727. The van der Waals surface area contributed by atoms with Gasteiger partial charge in [-0.25, -0.2) is 4.39 Å². The van der Waals surface area contributed by atoms with E-state index in [1.807, 2.05) is 0 Å². The highest BCUT2D eigenvalue weighted by molar-refractivity contribution is 6.34. The van der Waals surface area contributed by atoms with Gasteiger partial charge in [-0.1, -0.05) is 24.6 Å². The summed E-state index contributed by atoms with van der Waals surface area (Å²) < 4.78 is 13.8. The van der Waals surface area contributed by atoms with E-state index in [1.165, 1.54) is 18.2 Å². The maximum absolute atomic E-state index is 13.8. The van der Waals surface area contributed by atoms with Crippen molar-refractivity contribution >= 4 is 29.1 Å².